The van der Waals surface area contributed by atoms with E-state index in [0.717, 1.165) is 0 Å². The predicted octanol–water partition coefficient (Wildman–Crippen LogP) is -10.5. The molecular weight excluding hydrogens is 381 g/mol. The summed E-state index contributed by atoms with van der Waals surface area (Å²) in [6.07, 6.45) is -3.59. The molecule has 3 N–H and O–H groups in total. The van der Waals surface area contributed by atoms with Crippen molar-refractivity contribution in [1.29, 1.82) is 0 Å². The van der Waals surface area contributed by atoms with Crippen LogP contribution in [-0.2, 0) is 18.6 Å². The van der Waals surface area contributed by atoms with Crippen LogP contribution < -0.4 is 74.2 Å². The molecule has 1 fully saturated rings. The van der Waals surface area contributed by atoms with Crippen LogP contribution in [0.25, 0.3) is 0 Å². The first-order chi connectivity index (χ1) is 10.8. The molecule has 12 nitrogen and oxygen atoms in total. The van der Waals surface area contributed by atoms with Gasteiger partial charge in [0.1, 0.15) is 18.3 Å². The van der Waals surface area contributed by atoms with Crippen LogP contribution in [0.5, 0.6) is 0 Å². The molecule has 0 spiro atoms. The molecule has 128 valence electrons. The molecule has 0 aromatic heterocycles. The zero-order valence-corrected chi connectivity index (χ0v) is 18.4. The number of phosphoric acid groups is 1. The summed E-state index contributed by atoms with van der Waals surface area (Å²) in [7, 11) is -5.23. The quantitative estimate of drug-likeness (QED) is 0.308. The summed E-state index contributed by atoms with van der Waals surface area (Å²) in [6, 6.07) is -0.813. The summed E-state index contributed by atoms with van der Waals surface area (Å²) in [5.74, 6) is -0.379. The molecule has 3 rings (SSSR count). The molecule has 3 heterocycles. The first-order valence-electron chi connectivity index (χ1n) is 6.59. The van der Waals surface area contributed by atoms with Gasteiger partial charge in [0.2, 0.25) is 0 Å². The van der Waals surface area contributed by atoms with Crippen LogP contribution in [0.2, 0.25) is 0 Å². The van der Waals surface area contributed by atoms with E-state index in [1.807, 2.05) is 0 Å². The molecule has 0 saturated carbocycles. The standard InChI is InChI=1S/C10H15N4O8P.2Na/c15-6-4(1-21-23(18,19)20)22-10(7(6)16)14-3-13-5-8(14)11-2-12-9(5)17;;/h2-8,10,15-16H,1H2,(H,11,12,17)(H2,18,19,20);;/q;2*+1/p-2. The number of amides is 1. The molecule has 1 amide bonds. The van der Waals surface area contributed by atoms with Crippen LogP contribution in [-0.4, -0.2) is 77.1 Å². The first kappa shape index (κ1) is 23.6. The second kappa shape index (κ2) is 9.20. The van der Waals surface area contributed by atoms with E-state index >= 15 is 0 Å². The Morgan fingerprint density at radius 2 is 2.00 bits per heavy atom. The Morgan fingerprint density at radius 1 is 1.32 bits per heavy atom. The Bertz CT molecular complexity index is 603. The Balaban J connectivity index is 0.00000156. The molecule has 3 aliphatic rings. The second-order valence-corrected chi connectivity index (χ2v) is 6.30. The maximum absolute atomic E-state index is 11.6. The average molecular weight is 394 g/mol. The number of carbonyl (C=O) groups excluding carboxylic acids is 1. The fourth-order valence-electron chi connectivity index (χ4n) is 2.58. The number of aliphatic imine (C=N–C) groups is 2. The number of rotatable bonds is 4. The van der Waals surface area contributed by atoms with Crippen LogP contribution in [0, 0.1) is 0 Å². The van der Waals surface area contributed by atoms with Crippen molar-refractivity contribution in [2.75, 3.05) is 6.61 Å². The summed E-state index contributed by atoms with van der Waals surface area (Å²) in [5, 5.41) is 22.3. The van der Waals surface area contributed by atoms with Gasteiger partial charge < -0.3 is 44.0 Å². The Hall–Kier alpha value is 0.600. The van der Waals surface area contributed by atoms with Gasteiger partial charge >= 0.3 is 59.1 Å². The summed E-state index contributed by atoms with van der Waals surface area (Å²) in [4.78, 5) is 42.0. The fraction of sp³-hybridized carbons (Fsp3) is 0.700. The van der Waals surface area contributed by atoms with E-state index in [1.54, 1.807) is 0 Å². The SMILES string of the molecule is O=C1NC=NC2C1N=CN2C1OC(COP(=O)([O-])[O-])C(O)C1O.[Na+].[Na+]. The van der Waals surface area contributed by atoms with E-state index in [9.17, 15) is 29.4 Å². The molecule has 0 radical (unpaired) electrons. The normalized spacial score (nSPS) is 36.5. The maximum Gasteiger partial charge on any atom is 1.00 e. The topological polar surface area (TPSA) is 179 Å². The predicted molar refractivity (Wildman–Crippen MR) is 68.8 cm³/mol. The van der Waals surface area contributed by atoms with Crippen molar-refractivity contribution < 1.29 is 97.7 Å². The zero-order chi connectivity index (χ0) is 16.8. The van der Waals surface area contributed by atoms with E-state index in [4.69, 9.17) is 4.74 Å². The second-order valence-electron chi connectivity index (χ2n) is 5.15. The van der Waals surface area contributed by atoms with Crippen molar-refractivity contribution in [3.05, 3.63) is 0 Å². The molecule has 15 heteroatoms. The molecule has 0 aromatic carbocycles. The third-order valence-corrected chi connectivity index (χ3v) is 4.14. The Kier molecular flexibility index (Phi) is 8.70. The van der Waals surface area contributed by atoms with Gasteiger partial charge in [0.05, 0.1) is 27.1 Å². The van der Waals surface area contributed by atoms with E-state index in [2.05, 4.69) is 19.8 Å². The van der Waals surface area contributed by atoms with Gasteiger partial charge in [0, 0.05) is 0 Å². The largest absolute Gasteiger partial charge is 1.00 e. The molecule has 25 heavy (non-hydrogen) atoms. The minimum Gasteiger partial charge on any atom is -0.790 e. The van der Waals surface area contributed by atoms with Crippen LogP contribution in [0.3, 0.4) is 0 Å². The van der Waals surface area contributed by atoms with E-state index in [0.29, 0.717) is 0 Å². The number of nitrogens with one attached hydrogen (secondary N) is 1. The van der Waals surface area contributed by atoms with Gasteiger partial charge in [-0.3, -0.25) is 9.79 Å². The molecule has 0 bridgehead atoms. The number of hydrogen-bond acceptors (Lipinski definition) is 11. The molecule has 6 unspecified atom stereocenters. The molecule has 3 aliphatic heterocycles. The van der Waals surface area contributed by atoms with Gasteiger partial charge in [-0.25, -0.2) is 4.99 Å². The van der Waals surface area contributed by atoms with Gasteiger partial charge in [-0.15, -0.1) is 0 Å². The number of phosphoric ester groups is 1. The van der Waals surface area contributed by atoms with Gasteiger partial charge in [-0.2, -0.15) is 0 Å². The summed E-state index contributed by atoms with van der Waals surface area (Å²) in [5.41, 5.74) is 0. The number of aliphatic hydroxyl groups is 2. The minimum atomic E-state index is -5.23. The molecule has 0 aliphatic carbocycles. The van der Waals surface area contributed by atoms with E-state index < -0.39 is 51.2 Å². The van der Waals surface area contributed by atoms with Crippen molar-refractivity contribution in [3.8, 4) is 0 Å². The fourth-order valence-corrected chi connectivity index (χ4v) is 2.91. The number of ether oxygens (including phenoxy) is 1. The Morgan fingerprint density at radius 3 is 2.64 bits per heavy atom. The molecule has 0 aromatic rings. The van der Waals surface area contributed by atoms with Gasteiger partial charge in [-0.05, 0) is 0 Å². The first-order valence-corrected chi connectivity index (χ1v) is 8.05. The van der Waals surface area contributed by atoms with Crippen LogP contribution in [0.1, 0.15) is 0 Å². The van der Waals surface area contributed by atoms with E-state index in [1.165, 1.54) is 17.6 Å². The number of aliphatic hydroxyl groups excluding tert-OH is 2. The third kappa shape index (κ3) is 5.11. The molecule has 6 atom stereocenters. The van der Waals surface area contributed by atoms with Crippen molar-refractivity contribution in [3.63, 3.8) is 0 Å². The van der Waals surface area contributed by atoms with Crippen LogP contribution in [0.15, 0.2) is 9.98 Å². The summed E-state index contributed by atoms with van der Waals surface area (Å²) in [6.45, 7) is -0.734. The molecular formula is C10H13N4Na2O8P. The monoisotopic (exact) mass is 394 g/mol. The summed E-state index contributed by atoms with van der Waals surface area (Å²) < 4.78 is 19.9. The van der Waals surface area contributed by atoms with Crippen molar-refractivity contribution in [2.45, 2.75) is 36.7 Å². The number of nitrogens with zero attached hydrogens (tertiary/aromatic N) is 3. The van der Waals surface area contributed by atoms with Crippen LogP contribution in [0.4, 0.5) is 0 Å². The zero-order valence-electron chi connectivity index (χ0n) is 13.5. The third-order valence-electron chi connectivity index (χ3n) is 3.68. The number of fused-ring (bicyclic) bond motifs is 1. The van der Waals surface area contributed by atoms with Crippen LogP contribution >= 0.6 is 7.82 Å². The number of carbonyl (C=O) groups is 1. The van der Waals surface area contributed by atoms with Gasteiger partial charge in [0.15, 0.2) is 18.4 Å². The Labute approximate surface area is 186 Å². The maximum atomic E-state index is 11.6. The van der Waals surface area contributed by atoms with Gasteiger partial charge in [-0.1, -0.05) is 0 Å². The van der Waals surface area contributed by atoms with Crippen molar-refractivity contribution in [1.82, 2.24) is 10.2 Å². The van der Waals surface area contributed by atoms with Crippen molar-refractivity contribution >= 4 is 26.4 Å². The molecule has 1 saturated heterocycles. The number of hydrogen-bond donors (Lipinski definition) is 3. The smallest absolute Gasteiger partial charge is 0.790 e. The van der Waals surface area contributed by atoms with E-state index in [-0.39, 0.29) is 65.0 Å². The average Bonchev–Trinajstić information content (AvgIpc) is 3.01. The summed E-state index contributed by atoms with van der Waals surface area (Å²) >= 11 is 0. The van der Waals surface area contributed by atoms with Gasteiger partial charge in [0.25, 0.3) is 5.91 Å². The van der Waals surface area contributed by atoms with Crippen molar-refractivity contribution in [2.24, 2.45) is 9.98 Å². The minimum absolute atomic E-state index is 0.